The molecule has 0 unspecified atom stereocenters. The van der Waals surface area contributed by atoms with E-state index in [1.54, 1.807) is 36.3 Å². The Hall–Kier alpha value is -4.19. The van der Waals surface area contributed by atoms with E-state index < -0.39 is 5.60 Å². The molecule has 2 N–H and O–H groups in total. The van der Waals surface area contributed by atoms with Gasteiger partial charge in [0.2, 0.25) is 5.95 Å². The summed E-state index contributed by atoms with van der Waals surface area (Å²) in [4.78, 5) is 27.2. The van der Waals surface area contributed by atoms with Crippen molar-refractivity contribution in [1.82, 2.24) is 44.6 Å². The molecule has 1 aliphatic rings. The zero-order valence-corrected chi connectivity index (χ0v) is 17.4. The summed E-state index contributed by atoms with van der Waals surface area (Å²) in [5, 5.41) is 26.1. The second-order valence-electron chi connectivity index (χ2n) is 7.56. The van der Waals surface area contributed by atoms with Gasteiger partial charge in [-0.2, -0.15) is 5.10 Å². The van der Waals surface area contributed by atoms with E-state index in [0.717, 1.165) is 5.69 Å². The van der Waals surface area contributed by atoms with Gasteiger partial charge < -0.3 is 15.3 Å². The van der Waals surface area contributed by atoms with Gasteiger partial charge in [-0.15, -0.1) is 5.10 Å². The molecular weight excluding hydrogens is 412 g/mol. The van der Waals surface area contributed by atoms with Crippen LogP contribution in [0.4, 0.5) is 11.6 Å². The van der Waals surface area contributed by atoms with Crippen LogP contribution in [-0.2, 0) is 17.4 Å². The first-order valence-corrected chi connectivity index (χ1v) is 9.90. The number of anilines is 2. The molecular formula is C20H20N10O2. The van der Waals surface area contributed by atoms with Crippen LogP contribution in [0.2, 0.25) is 0 Å². The average molecular weight is 432 g/mol. The fraction of sp³-hybridized carbons (Fsp3) is 0.250. The first kappa shape index (κ1) is 19.8. The number of carbonyl (C=O) groups is 1. The minimum absolute atomic E-state index is 0.198. The molecule has 5 heterocycles. The van der Waals surface area contributed by atoms with E-state index in [1.165, 1.54) is 15.8 Å². The summed E-state index contributed by atoms with van der Waals surface area (Å²) < 4.78 is 3.11. The number of aromatic nitrogens is 8. The largest absolute Gasteiger partial charge is 0.374 e. The number of pyridine rings is 1. The highest BCUT2D eigenvalue weighted by atomic mass is 16.3. The molecule has 1 aliphatic heterocycles. The molecule has 32 heavy (non-hydrogen) atoms. The van der Waals surface area contributed by atoms with Gasteiger partial charge in [0.1, 0.15) is 5.69 Å². The number of nitrogens with one attached hydrogen (secondary N) is 1. The third-order valence-electron chi connectivity index (χ3n) is 5.27. The van der Waals surface area contributed by atoms with Crippen molar-refractivity contribution < 1.29 is 9.90 Å². The monoisotopic (exact) mass is 432 g/mol. The van der Waals surface area contributed by atoms with Gasteiger partial charge in [-0.1, -0.05) is 11.3 Å². The van der Waals surface area contributed by atoms with Crippen LogP contribution in [0.1, 0.15) is 12.1 Å². The van der Waals surface area contributed by atoms with Gasteiger partial charge in [0.15, 0.2) is 11.4 Å². The quantitative estimate of drug-likeness (QED) is 0.465. The number of likely N-dealkylation sites (tertiary alicyclic amines) is 1. The third-order valence-corrected chi connectivity index (χ3v) is 5.27. The Kier molecular flexibility index (Phi) is 4.63. The zero-order valence-electron chi connectivity index (χ0n) is 17.4. The van der Waals surface area contributed by atoms with Crippen LogP contribution in [0.25, 0.3) is 17.2 Å². The summed E-state index contributed by atoms with van der Waals surface area (Å²) in [6.07, 6.45) is 6.93. The lowest BCUT2D eigenvalue weighted by atomic mass is 9.99. The van der Waals surface area contributed by atoms with Crippen molar-refractivity contribution in [3.8, 4) is 17.2 Å². The van der Waals surface area contributed by atoms with Crippen molar-refractivity contribution in [3.05, 3.63) is 54.7 Å². The van der Waals surface area contributed by atoms with E-state index >= 15 is 0 Å². The van der Waals surface area contributed by atoms with Crippen LogP contribution in [-0.4, -0.2) is 69.2 Å². The van der Waals surface area contributed by atoms with E-state index in [0.29, 0.717) is 29.7 Å². The molecule has 1 amide bonds. The predicted octanol–water partition coefficient (Wildman–Crippen LogP) is 0.646. The van der Waals surface area contributed by atoms with Crippen LogP contribution >= 0.6 is 0 Å². The number of amides is 1. The lowest BCUT2D eigenvalue weighted by Crippen LogP contribution is -2.36. The first-order valence-electron chi connectivity index (χ1n) is 9.90. The van der Waals surface area contributed by atoms with E-state index in [4.69, 9.17) is 0 Å². The first-order chi connectivity index (χ1) is 15.4. The maximum absolute atomic E-state index is 12.3. The second kappa shape index (κ2) is 7.50. The van der Waals surface area contributed by atoms with Gasteiger partial charge in [-0.3, -0.25) is 9.48 Å². The van der Waals surface area contributed by atoms with Crippen molar-refractivity contribution in [1.29, 1.82) is 0 Å². The summed E-state index contributed by atoms with van der Waals surface area (Å²) in [6.45, 7) is 0.457. The Bertz CT molecular complexity index is 1300. The molecule has 0 spiro atoms. The molecule has 1 atom stereocenters. The maximum atomic E-state index is 12.3. The summed E-state index contributed by atoms with van der Waals surface area (Å²) >= 11 is 0. The normalized spacial score (nSPS) is 18.3. The smallest absolute Gasteiger partial charge is 0.260 e. The van der Waals surface area contributed by atoms with Gasteiger partial charge in [-0.05, 0) is 18.2 Å². The van der Waals surface area contributed by atoms with Gasteiger partial charge >= 0.3 is 0 Å². The van der Waals surface area contributed by atoms with Crippen LogP contribution in [0.3, 0.4) is 0 Å². The fourth-order valence-electron chi connectivity index (χ4n) is 3.53. The molecule has 12 heteroatoms. The van der Waals surface area contributed by atoms with E-state index in [-0.39, 0.29) is 18.0 Å². The Balaban J connectivity index is 1.42. The molecule has 0 aliphatic carbocycles. The predicted molar refractivity (Wildman–Crippen MR) is 113 cm³/mol. The molecule has 5 rings (SSSR count). The molecule has 162 valence electrons. The number of likely N-dealkylation sites (N-methyl/N-ethyl adjacent to an activating group) is 1. The molecule has 1 fully saturated rings. The molecule has 4 aromatic heterocycles. The molecule has 0 aromatic carbocycles. The Morgan fingerprint density at radius 3 is 2.72 bits per heavy atom. The number of carbonyl (C=O) groups excluding carboxylic acids is 1. The number of nitrogens with zero attached hydrogens (tertiary/aromatic N) is 9. The minimum atomic E-state index is -1.66. The highest BCUT2D eigenvalue weighted by Gasteiger charge is 2.47. The Labute approximate surface area is 182 Å². The molecule has 4 aromatic rings. The summed E-state index contributed by atoms with van der Waals surface area (Å²) in [5.41, 5.74) is 0.520. The SMILES string of the molecule is CN1CC[C@@](O)(c2cn(-c3cccc(-c4ccnc(Nc5cnn(C)c5)n4)n3)nn2)C1=O. The van der Waals surface area contributed by atoms with Crippen molar-refractivity contribution in [2.75, 3.05) is 18.9 Å². The van der Waals surface area contributed by atoms with E-state index in [1.807, 2.05) is 25.4 Å². The van der Waals surface area contributed by atoms with Gasteiger partial charge in [0.05, 0.1) is 29.5 Å². The number of hydrogen-bond acceptors (Lipinski definition) is 9. The Morgan fingerprint density at radius 2 is 1.97 bits per heavy atom. The fourth-order valence-corrected chi connectivity index (χ4v) is 3.53. The number of hydrogen-bond donors (Lipinski definition) is 2. The van der Waals surface area contributed by atoms with Crippen LogP contribution < -0.4 is 5.32 Å². The highest BCUT2D eigenvalue weighted by molar-refractivity contribution is 5.87. The van der Waals surface area contributed by atoms with Gasteiger partial charge in [0.25, 0.3) is 5.91 Å². The van der Waals surface area contributed by atoms with Crippen LogP contribution in [0.15, 0.2) is 49.1 Å². The van der Waals surface area contributed by atoms with Gasteiger partial charge in [0, 0.05) is 39.5 Å². The number of aliphatic hydroxyl groups is 1. The standard InChI is InChI=1S/C20H20N10O2/c1-28-9-7-20(32,18(28)31)16-12-30(27-26-16)17-5-3-4-14(24-17)15-6-8-21-19(25-15)23-13-10-22-29(2)11-13/h3-6,8,10-12,32H,7,9H2,1-2H3,(H,21,23,25)/t20-/m1/s1. The molecule has 0 saturated carbocycles. The molecule has 12 nitrogen and oxygen atoms in total. The average Bonchev–Trinajstić information content (AvgIpc) is 3.52. The molecule has 0 radical (unpaired) electrons. The van der Waals surface area contributed by atoms with Crippen molar-refractivity contribution in [2.24, 2.45) is 7.05 Å². The van der Waals surface area contributed by atoms with Crippen molar-refractivity contribution >= 4 is 17.5 Å². The lowest BCUT2D eigenvalue weighted by molar-refractivity contribution is -0.143. The second-order valence-corrected chi connectivity index (χ2v) is 7.56. The van der Waals surface area contributed by atoms with E-state index in [9.17, 15) is 9.90 Å². The van der Waals surface area contributed by atoms with Crippen molar-refractivity contribution in [2.45, 2.75) is 12.0 Å². The number of aryl methyl sites for hydroxylation is 1. The zero-order chi connectivity index (χ0) is 22.3. The third kappa shape index (κ3) is 3.46. The Morgan fingerprint density at radius 1 is 1.12 bits per heavy atom. The number of rotatable bonds is 5. The van der Waals surface area contributed by atoms with Crippen LogP contribution in [0.5, 0.6) is 0 Å². The van der Waals surface area contributed by atoms with E-state index in [2.05, 4.69) is 35.7 Å². The van der Waals surface area contributed by atoms with Gasteiger partial charge in [-0.25, -0.2) is 19.6 Å². The summed E-state index contributed by atoms with van der Waals surface area (Å²) in [7, 11) is 3.47. The highest BCUT2D eigenvalue weighted by Crippen LogP contribution is 2.31. The molecule has 0 bridgehead atoms. The van der Waals surface area contributed by atoms with Crippen LogP contribution in [0, 0.1) is 0 Å². The summed E-state index contributed by atoms with van der Waals surface area (Å²) in [5.74, 6) is 0.502. The summed E-state index contributed by atoms with van der Waals surface area (Å²) in [6, 6.07) is 7.15. The lowest BCUT2D eigenvalue weighted by Gasteiger charge is -2.17. The molecule has 1 saturated heterocycles. The van der Waals surface area contributed by atoms with Crippen molar-refractivity contribution in [3.63, 3.8) is 0 Å². The minimum Gasteiger partial charge on any atom is -0.374 e. The topological polar surface area (TPSA) is 140 Å². The maximum Gasteiger partial charge on any atom is 0.260 e.